The van der Waals surface area contributed by atoms with E-state index in [-0.39, 0.29) is 5.41 Å². The number of hydrazone groups is 1. The standard InChI is InChI=1S/C36H39N3O/c1-23(2)27-17-13-18-28(24(3)4)34(27)38-22-39(37-35(38)25-14-9-8-10-15-25)30-20-26(36(5,6)7)21-32-33(30)29-16-11-12-19-31(29)40-32/h8-21,23-24H,22H2,1-7H3. The summed E-state index contributed by atoms with van der Waals surface area (Å²) in [5, 5.41) is 9.80. The molecule has 204 valence electrons. The number of para-hydroxylation sites is 2. The van der Waals surface area contributed by atoms with Gasteiger partial charge < -0.3 is 9.32 Å². The summed E-state index contributed by atoms with van der Waals surface area (Å²) in [6.07, 6.45) is 0. The van der Waals surface area contributed by atoms with E-state index in [1.165, 1.54) is 22.4 Å². The van der Waals surface area contributed by atoms with Crippen molar-refractivity contribution in [2.75, 3.05) is 16.6 Å². The van der Waals surface area contributed by atoms with Gasteiger partial charge in [0.1, 0.15) is 17.8 Å². The van der Waals surface area contributed by atoms with Crippen LogP contribution in [0, 0.1) is 0 Å². The molecule has 4 heteroatoms. The van der Waals surface area contributed by atoms with Crippen molar-refractivity contribution in [2.45, 2.75) is 65.7 Å². The minimum atomic E-state index is -0.0393. The highest BCUT2D eigenvalue weighted by Crippen LogP contribution is 2.43. The molecule has 2 heterocycles. The van der Waals surface area contributed by atoms with Gasteiger partial charge in [-0.05, 0) is 52.1 Å². The quantitative estimate of drug-likeness (QED) is 0.227. The van der Waals surface area contributed by atoms with Gasteiger partial charge in [-0.15, -0.1) is 0 Å². The Morgan fingerprint density at radius 3 is 2.05 bits per heavy atom. The summed E-state index contributed by atoms with van der Waals surface area (Å²) in [6, 6.07) is 30.2. The molecule has 6 rings (SSSR count). The van der Waals surface area contributed by atoms with E-state index in [2.05, 4.69) is 137 Å². The van der Waals surface area contributed by atoms with Gasteiger partial charge >= 0.3 is 0 Å². The summed E-state index contributed by atoms with van der Waals surface area (Å²) in [5.74, 6) is 1.74. The first-order valence-corrected chi connectivity index (χ1v) is 14.4. The Hall–Kier alpha value is -4.05. The Bertz CT molecular complexity index is 1690. The predicted molar refractivity (Wildman–Crippen MR) is 170 cm³/mol. The lowest BCUT2D eigenvalue weighted by Gasteiger charge is -2.29. The zero-order chi connectivity index (χ0) is 28.2. The maximum Gasteiger partial charge on any atom is 0.162 e. The average Bonchev–Trinajstić information content (AvgIpc) is 3.54. The largest absolute Gasteiger partial charge is 0.456 e. The normalized spacial score (nSPS) is 14.3. The molecule has 0 saturated heterocycles. The maximum absolute atomic E-state index is 6.42. The fraction of sp³-hybridized carbons (Fsp3) is 0.306. The highest BCUT2D eigenvalue weighted by Gasteiger charge is 2.33. The van der Waals surface area contributed by atoms with E-state index in [0.29, 0.717) is 18.5 Å². The van der Waals surface area contributed by atoms with Crippen molar-refractivity contribution in [1.29, 1.82) is 0 Å². The van der Waals surface area contributed by atoms with Crippen molar-refractivity contribution >= 4 is 39.1 Å². The van der Waals surface area contributed by atoms with Crippen molar-refractivity contribution in [3.63, 3.8) is 0 Å². The average molecular weight is 530 g/mol. The van der Waals surface area contributed by atoms with Crippen LogP contribution in [0.1, 0.15) is 82.6 Å². The summed E-state index contributed by atoms with van der Waals surface area (Å²) in [7, 11) is 0. The Labute approximate surface area is 237 Å². The first kappa shape index (κ1) is 26.2. The van der Waals surface area contributed by atoms with Crippen LogP contribution in [0.25, 0.3) is 21.9 Å². The first-order valence-electron chi connectivity index (χ1n) is 14.4. The summed E-state index contributed by atoms with van der Waals surface area (Å²) in [5.41, 5.74) is 9.16. The molecule has 0 unspecified atom stereocenters. The van der Waals surface area contributed by atoms with E-state index in [9.17, 15) is 0 Å². The van der Waals surface area contributed by atoms with E-state index in [0.717, 1.165) is 39.0 Å². The highest BCUT2D eigenvalue weighted by atomic mass is 16.3. The highest BCUT2D eigenvalue weighted by molar-refractivity contribution is 6.15. The fourth-order valence-electron chi connectivity index (χ4n) is 5.80. The summed E-state index contributed by atoms with van der Waals surface area (Å²) in [4.78, 5) is 2.43. The van der Waals surface area contributed by atoms with Crippen LogP contribution in [0.5, 0.6) is 0 Å². The zero-order valence-electron chi connectivity index (χ0n) is 24.7. The first-order chi connectivity index (χ1) is 19.1. The fourth-order valence-corrected chi connectivity index (χ4v) is 5.80. The third-order valence-corrected chi connectivity index (χ3v) is 7.99. The Balaban J connectivity index is 1.61. The van der Waals surface area contributed by atoms with Crippen molar-refractivity contribution in [1.82, 2.24) is 0 Å². The van der Waals surface area contributed by atoms with Gasteiger partial charge in [0.2, 0.25) is 0 Å². The zero-order valence-corrected chi connectivity index (χ0v) is 24.7. The molecule has 0 N–H and O–H groups in total. The number of benzene rings is 4. The lowest BCUT2D eigenvalue weighted by Crippen LogP contribution is -2.33. The summed E-state index contributed by atoms with van der Waals surface area (Å²) < 4.78 is 6.42. The number of amidine groups is 1. The predicted octanol–water partition coefficient (Wildman–Crippen LogP) is 9.78. The van der Waals surface area contributed by atoms with Gasteiger partial charge in [-0.2, -0.15) is 5.10 Å². The minimum Gasteiger partial charge on any atom is -0.456 e. The second kappa shape index (κ2) is 9.85. The van der Waals surface area contributed by atoms with Crippen LogP contribution in [0.3, 0.4) is 0 Å². The van der Waals surface area contributed by atoms with Gasteiger partial charge in [0.05, 0.1) is 16.8 Å². The van der Waals surface area contributed by atoms with Crippen LogP contribution in [-0.4, -0.2) is 12.5 Å². The third-order valence-electron chi connectivity index (χ3n) is 7.99. The van der Waals surface area contributed by atoms with E-state index in [1.807, 2.05) is 6.07 Å². The SMILES string of the molecule is CC(C)c1cccc(C(C)C)c1N1CN(c2cc(C(C)(C)C)cc3oc4ccccc4c23)N=C1c1ccccc1. The van der Waals surface area contributed by atoms with Crippen LogP contribution >= 0.6 is 0 Å². The van der Waals surface area contributed by atoms with Crippen molar-refractivity contribution in [2.24, 2.45) is 5.10 Å². The number of anilines is 2. The Morgan fingerprint density at radius 1 is 0.750 bits per heavy atom. The Kier molecular flexibility index (Phi) is 6.45. The molecule has 40 heavy (non-hydrogen) atoms. The maximum atomic E-state index is 6.42. The van der Waals surface area contributed by atoms with Crippen molar-refractivity contribution in [3.8, 4) is 0 Å². The van der Waals surface area contributed by atoms with E-state index >= 15 is 0 Å². The molecule has 4 nitrogen and oxygen atoms in total. The molecule has 0 aliphatic carbocycles. The summed E-state index contributed by atoms with van der Waals surface area (Å²) >= 11 is 0. The molecule has 0 bridgehead atoms. The molecule has 0 spiro atoms. The number of nitrogens with zero attached hydrogens (tertiary/aromatic N) is 3. The van der Waals surface area contributed by atoms with Crippen molar-refractivity contribution < 1.29 is 4.42 Å². The number of hydrogen-bond acceptors (Lipinski definition) is 4. The smallest absolute Gasteiger partial charge is 0.162 e. The van der Waals surface area contributed by atoms with Crippen LogP contribution in [0.15, 0.2) is 94.4 Å². The van der Waals surface area contributed by atoms with Gasteiger partial charge in [0.15, 0.2) is 5.84 Å². The van der Waals surface area contributed by atoms with Gasteiger partial charge in [-0.1, -0.05) is 115 Å². The van der Waals surface area contributed by atoms with E-state index in [1.54, 1.807) is 0 Å². The molecule has 0 fully saturated rings. The second-order valence-electron chi connectivity index (χ2n) is 12.6. The molecule has 0 atom stereocenters. The van der Waals surface area contributed by atoms with Gasteiger partial charge in [0, 0.05) is 10.9 Å². The number of fused-ring (bicyclic) bond motifs is 3. The molecular weight excluding hydrogens is 490 g/mol. The molecular formula is C36H39N3O. The van der Waals surface area contributed by atoms with Gasteiger partial charge in [-0.3, -0.25) is 0 Å². The van der Waals surface area contributed by atoms with E-state index < -0.39 is 0 Å². The molecule has 0 radical (unpaired) electrons. The monoisotopic (exact) mass is 529 g/mol. The van der Waals surface area contributed by atoms with E-state index in [4.69, 9.17) is 9.52 Å². The second-order valence-corrected chi connectivity index (χ2v) is 12.6. The van der Waals surface area contributed by atoms with Crippen LogP contribution in [-0.2, 0) is 5.41 Å². The number of furan rings is 1. The van der Waals surface area contributed by atoms with Crippen LogP contribution < -0.4 is 9.91 Å². The lowest BCUT2D eigenvalue weighted by molar-refractivity contribution is 0.587. The molecule has 0 saturated carbocycles. The number of hydrogen-bond donors (Lipinski definition) is 0. The number of rotatable bonds is 5. The lowest BCUT2D eigenvalue weighted by atomic mass is 9.86. The topological polar surface area (TPSA) is 32.0 Å². The Morgan fingerprint density at radius 2 is 1.40 bits per heavy atom. The summed E-state index contributed by atoms with van der Waals surface area (Å²) in [6.45, 7) is 16.5. The molecule has 1 aromatic heterocycles. The van der Waals surface area contributed by atoms with Gasteiger partial charge in [0.25, 0.3) is 0 Å². The third kappa shape index (κ3) is 4.46. The molecule has 1 aliphatic rings. The molecule has 1 aliphatic heterocycles. The van der Waals surface area contributed by atoms with Crippen molar-refractivity contribution in [3.05, 3.63) is 107 Å². The molecule has 0 amide bonds. The van der Waals surface area contributed by atoms with Crippen LogP contribution in [0.4, 0.5) is 11.4 Å². The minimum absolute atomic E-state index is 0.0393. The van der Waals surface area contributed by atoms with Crippen LogP contribution in [0.2, 0.25) is 0 Å². The molecule has 5 aromatic rings. The van der Waals surface area contributed by atoms with Gasteiger partial charge in [-0.25, -0.2) is 5.01 Å². The molecule has 4 aromatic carbocycles.